The first-order chi connectivity index (χ1) is 13.8. The summed E-state index contributed by atoms with van der Waals surface area (Å²) in [6, 6.07) is 15.2. The SMILES string of the molecule is CCN(CC)c1ccc(/C=C/[C@@]23NC(=O)CN2c2ccc(C)cc2C3(C)C)cc1. The van der Waals surface area contributed by atoms with E-state index in [0.29, 0.717) is 6.54 Å². The maximum atomic E-state index is 12.4. The van der Waals surface area contributed by atoms with Gasteiger partial charge >= 0.3 is 0 Å². The molecule has 1 saturated heterocycles. The monoisotopic (exact) mass is 389 g/mol. The molecule has 0 aliphatic carbocycles. The molecule has 4 rings (SSSR count). The molecular formula is C25H31N3O. The Hall–Kier alpha value is -2.75. The average molecular weight is 390 g/mol. The third kappa shape index (κ3) is 2.93. The number of aryl methyl sites for hydroxylation is 1. The highest BCUT2D eigenvalue weighted by Gasteiger charge is 2.59. The molecule has 1 atom stereocenters. The van der Waals surface area contributed by atoms with Crippen LogP contribution < -0.4 is 15.1 Å². The van der Waals surface area contributed by atoms with Crippen LogP contribution in [-0.2, 0) is 10.2 Å². The summed E-state index contributed by atoms with van der Waals surface area (Å²) in [6.07, 6.45) is 4.32. The fourth-order valence-electron chi connectivity index (χ4n) is 4.89. The predicted molar refractivity (Wildman–Crippen MR) is 121 cm³/mol. The fraction of sp³-hybridized carbons (Fsp3) is 0.400. The molecule has 0 radical (unpaired) electrons. The van der Waals surface area contributed by atoms with E-state index in [9.17, 15) is 4.79 Å². The Labute approximate surface area is 174 Å². The zero-order valence-electron chi connectivity index (χ0n) is 18.1. The van der Waals surface area contributed by atoms with Gasteiger partial charge in [-0.2, -0.15) is 0 Å². The molecule has 0 aromatic heterocycles. The summed E-state index contributed by atoms with van der Waals surface area (Å²) in [4.78, 5) is 17.0. The lowest BCUT2D eigenvalue weighted by molar-refractivity contribution is -0.118. The maximum absolute atomic E-state index is 12.4. The molecule has 2 aliphatic heterocycles. The molecule has 29 heavy (non-hydrogen) atoms. The third-order valence-electron chi connectivity index (χ3n) is 6.67. The molecule has 1 N–H and O–H groups in total. The van der Waals surface area contributed by atoms with E-state index in [2.05, 4.69) is 104 Å². The summed E-state index contributed by atoms with van der Waals surface area (Å²) in [6.45, 7) is 13.3. The third-order valence-corrected chi connectivity index (χ3v) is 6.67. The fourth-order valence-corrected chi connectivity index (χ4v) is 4.89. The van der Waals surface area contributed by atoms with Crippen molar-refractivity contribution in [2.45, 2.75) is 45.7 Å². The van der Waals surface area contributed by atoms with Crippen molar-refractivity contribution in [1.29, 1.82) is 0 Å². The minimum atomic E-state index is -0.544. The van der Waals surface area contributed by atoms with E-state index >= 15 is 0 Å². The van der Waals surface area contributed by atoms with Gasteiger partial charge in [-0.1, -0.05) is 49.8 Å². The first-order valence-corrected chi connectivity index (χ1v) is 10.6. The summed E-state index contributed by atoms with van der Waals surface area (Å²) in [5.41, 5.74) is 5.29. The van der Waals surface area contributed by atoms with Crippen molar-refractivity contribution < 1.29 is 4.79 Å². The van der Waals surface area contributed by atoms with Gasteiger partial charge in [0, 0.05) is 29.9 Å². The summed E-state index contributed by atoms with van der Waals surface area (Å²) >= 11 is 0. The Morgan fingerprint density at radius 1 is 1.10 bits per heavy atom. The van der Waals surface area contributed by atoms with Crippen molar-refractivity contribution in [1.82, 2.24) is 5.32 Å². The number of anilines is 2. The van der Waals surface area contributed by atoms with E-state index in [1.165, 1.54) is 16.8 Å². The quantitative estimate of drug-likeness (QED) is 0.819. The molecular weight excluding hydrogens is 358 g/mol. The number of nitrogens with zero attached hydrogens (tertiary/aromatic N) is 2. The largest absolute Gasteiger partial charge is 0.372 e. The highest BCUT2D eigenvalue weighted by Crippen LogP contribution is 2.53. The van der Waals surface area contributed by atoms with Crippen LogP contribution in [0.4, 0.5) is 11.4 Å². The van der Waals surface area contributed by atoms with Gasteiger partial charge in [-0.15, -0.1) is 0 Å². The summed E-state index contributed by atoms with van der Waals surface area (Å²) in [7, 11) is 0. The second-order valence-corrected chi connectivity index (χ2v) is 8.64. The lowest BCUT2D eigenvalue weighted by atomic mass is 9.75. The summed E-state index contributed by atoms with van der Waals surface area (Å²) in [5, 5.41) is 3.30. The molecule has 0 bridgehead atoms. The number of fused-ring (bicyclic) bond motifs is 3. The number of amides is 1. The molecule has 2 aromatic carbocycles. The molecule has 4 nitrogen and oxygen atoms in total. The van der Waals surface area contributed by atoms with Crippen molar-refractivity contribution in [2.75, 3.05) is 29.4 Å². The van der Waals surface area contributed by atoms with Gasteiger partial charge in [0.1, 0.15) is 5.66 Å². The van der Waals surface area contributed by atoms with Gasteiger partial charge in [-0.3, -0.25) is 4.79 Å². The van der Waals surface area contributed by atoms with Crippen molar-refractivity contribution in [3.05, 3.63) is 65.2 Å². The van der Waals surface area contributed by atoms with E-state index in [-0.39, 0.29) is 11.3 Å². The Morgan fingerprint density at radius 3 is 2.45 bits per heavy atom. The minimum absolute atomic E-state index is 0.0748. The van der Waals surface area contributed by atoms with Gasteiger partial charge in [-0.05, 0) is 56.2 Å². The van der Waals surface area contributed by atoms with E-state index < -0.39 is 5.66 Å². The van der Waals surface area contributed by atoms with Crippen LogP contribution in [0.2, 0.25) is 0 Å². The molecule has 2 heterocycles. The topological polar surface area (TPSA) is 35.6 Å². The Balaban J connectivity index is 1.70. The standard InChI is InChI=1S/C25H31N3O/c1-6-27(7-2)20-11-9-19(10-12-20)14-15-25-24(4,5)21-16-18(3)8-13-22(21)28(25)17-23(29)26-25/h8-16H,6-7,17H2,1-5H3,(H,26,29)/b15-14+/t25-/m1/s1. The van der Waals surface area contributed by atoms with Crippen molar-refractivity contribution in [3.63, 3.8) is 0 Å². The molecule has 152 valence electrons. The molecule has 0 unspecified atom stereocenters. The van der Waals surface area contributed by atoms with Gasteiger partial charge in [0.25, 0.3) is 0 Å². The number of carbonyl (C=O) groups is 1. The van der Waals surface area contributed by atoms with Crippen LogP contribution in [0.25, 0.3) is 6.08 Å². The number of hydrogen-bond donors (Lipinski definition) is 1. The normalized spacial score (nSPS) is 22.0. The van der Waals surface area contributed by atoms with Crippen LogP contribution in [0.1, 0.15) is 44.4 Å². The molecule has 2 aliphatic rings. The van der Waals surface area contributed by atoms with Crippen LogP contribution >= 0.6 is 0 Å². The first kappa shape index (κ1) is 19.6. The highest BCUT2D eigenvalue weighted by molar-refractivity contribution is 5.91. The minimum Gasteiger partial charge on any atom is -0.372 e. The Kier molecular flexibility index (Phi) is 4.68. The van der Waals surface area contributed by atoms with Crippen LogP contribution in [0.5, 0.6) is 0 Å². The first-order valence-electron chi connectivity index (χ1n) is 10.6. The van der Waals surface area contributed by atoms with Crippen molar-refractivity contribution in [2.24, 2.45) is 0 Å². The van der Waals surface area contributed by atoms with Crippen molar-refractivity contribution in [3.8, 4) is 0 Å². The lowest BCUT2D eigenvalue weighted by Crippen LogP contribution is -2.58. The Bertz CT molecular complexity index is 957. The van der Waals surface area contributed by atoms with Gasteiger partial charge in [0.05, 0.1) is 6.54 Å². The maximum Gasteiger partial charge on any atom is 0.241 e. The van der Waals surface area contributed by atoms with Crippen LogP contribution in [0, 0.1) is 6.92 Å². The van der Waals surface area contributed by atoms with Crippen LogP contribution in [0.15, 0.2) is 48.5 Å². The molecule has 0 saturated carbocycles. The second-order valence-electron chi connectivity index (χ2n) is 8.64. The predicted octanol–water partition coefficient (Wildman–Crippen LogP) is 4.48. The van der Waals surface area contributed by atoms with E-state index in [0.717, 1.165) is 24.3 Å². The zero-order valence-corrected chi connectivity index (χ0v) is 18.1. The Morgan fingerprint density at radius 2 is 1.79 bits per heavy atom. The number of hydrogen-bond acceptors (Lipinski definition) is 3. The summed E-state index contributed by atoms with van der Waals surface area (Å²) < 4.78 is 0. The van der Waals surface area contributed by atoms with Gasteiger partial charge < -0.3 is 15.1 Å². The summed E-state index contributed by atoms with van der Waals surface area (Å²) in [5.74, 6) is 0.0748. The molecule has 1 fully saturated rings. The lowest BCUT2D eigenvalue weighted by Gasteiger charge is -2.40. The number of benzene rings is 2. The van der Waals surface area contributed by atoms with Crippen LogP contribution in [-0.4, -0.2) is 31.2 Å². The van der Waals surface area contributed by atoms with Gasteiger partial charge in [0.2, 0.25) is 5.91 Å². The number of rotatable bonds is 5. The van der Waals surface area contributed by atoms with Crippen molar-refractivity contribution >= 4 is 23.4 Å². The van der Waals surface area contributed by atoms with Gasteiger partial charge in [-0.25, -0.2) is 0 Å². The molecule has 0 spiro atoms. The zero-order chi connectivity index (χ0) is 20.8. The molecule has 1 amide bonds. The average Bonchev–Trinajstić information content (AvgIpc) is 3.13. The van der Waals surface area contributed by atoms with Gasteiger partial charge in [0.15, 0.2) is 0 Å². The van der Waals surface area contributed by atoms with Crippen LogP contribution in [0.3, 0.4) is 0 Å². The van der Waals surface area contributed by atoms with E-state index in [4.69, 9.17) is 0 Å². The second kappa shape index (κ2) is 6.94. The number of carbonyl (C=O) groups excluding carboxylic acids is 1. The smallest absolute Gasteiger partial charge is 0.241 e. The van der Waals surface area contributed by atoms with E-state index in [1.54, 1.807) is 0 Å². The number of nitrogens with one attached hydrogen (secondary N) is 1. The molecule has 4 heteroatoms. The highest BCUT2D eigenvalue weighted by atomic mass is 16.2. The molecule has 2 aromatic rings. The van der Waals surface area contributed by atoms with E-state index in [1.807, 2.05) is 0 Å².